The van der Waals surface area contributed by atoms with Gasteiger partial charge in [0, 0.05) is 6.07 Å². The average Bonchev–Trinajstić information content (AvgIpc) is 2.35. The Morgan fingerprint density at radius 1 is 1.31 bits per heavy atom. The normalized spacial score (nSPS) is 11.0. The van der Waals surface area contributed by atoms with Crippen LogP contribution in [0.4, 0.5) is 0 Å². The van der Waals surface area contributed by atoms with Gasteiger partial charge in [-0.1, -0.05) is 5.16 Å². The van der Waals surface area contributed by atoms with Crippen LogP contribution in [-0.2, 0) is 0 Å². The summed E-state index contributed by atoms with van der Waals surface area (Å²) < 4.78 is 15.4. The number of amidine groups is 1. The molecule has 1 aromatic carbocycles. The van der Waals surface area contributed by atoms with E-state index in [9.17, 15) is 0 Å². The zero-order chi connectivity index (χ0) is 12.0. The van der Waals surface area contributed by atoms with Gasteiger partial charge in [0.1, 0.15) is 12.4 Å². The third kappa shape index (κ3) is 2.94. The number of hydrogen-bond donors (Lipinski definition) is 2. The third-order valence-electron chi connectivity index (χ3n) is 1.87. The van der Waals surface area contributed by atoms with Crippen molar-refractivity contribution in [2.45, 2.75) is 0 Å². The first-order valence-corrected chi connectivity index (χ1v) is 4.52. The monoisotopic (exact) mass is 226 g/mol. The summed E-state index contributed by atoms with van der Waals surface area (Å²) in [7, 11) is 3.08. The van der Waals surface area contributed by atoms with E-state index >= 15 is 0 Å². The zero-order valence-electron chi connectivity index (χ0n) is 9.14. The van der Waals surface area contributed by atoms with Crippen molar-refractivity contribution < 1.29 is 19.4 Å². The topological polar surface area (TPSA) is 86.3 Å². The average molecular weight is 226 g/mol. The maximum atomic E-state index is 8.33. The second-order valence-corrected chi connectivity index (χ2v) is 2.90. The van der Waals surface area contributed by atoms with Gasteiger partial charge in [-0.05, 0) is 12.1 Å². The highest BCUT2D eigenvalue weighted by molar-refractivity contribution is 5.81. The summed E-state index contributed by atoms with van der Waals surface area (Å²) >= 11 is 0. The highest BCUT2D eigenvalue weighted by atomic mass is 16.5. The maximum absolute atomic E-state index is 8.33. The molecule has 16 heavy (non-hydrogen) atoms. The van der Waals surface area contributed by atoms with Crippen molar-refractivity contribution in [3.05, 3.63) is 18.2 Å². The Balaban J connectivity index is 2.75. The molecule has 0 amide bonds. The fraction of sp³-hybridized carbons (Fsp3) is 0.300. The summed E-state index contributed by atoms with van der Waals surface area (Å²) in [5, 5.41) is 11.1. The molecule has 0 aliphatic heterocycles. The van der Waals surface area contributed by atoms with Gasteiger partial charge >= 0.3 is 0 Å². The largest absolute Gasteiger partial charge is 0.493 e. The van der Waals surface area contributed by atoms with Crippen LogP contribution in [0.2, 0.25) is 0 Å². The number of oxime groups is 1. The van der Waals surface area contributed by atoms with E-state index in [1.165, 1.54) is 7.11 Å². The van der Waals surface area contributed by atoms with Gasteiger partial charge in [-0.15, -0.1) is 0 Å². The fourth-order valence-corrected chi connectivity index (χ4v) is 1.09. The van der Waals surface area contributed by atoms with Crippen molar-refractivity contribution in [1.82, 2.24) is 0 Å². The molecule has 0 bridgehead atoms. The molecule has 0 aliphatic rings. The lowest BCUT2D eigenvalue weighted by Crippen LogP contribution is -2.20. The molecule has 0 fully saturated rings. The van der Waals surface area contributed by atoms with Gasteiger partial charge in [0.2, 0.25) is 0 Å². The fourth-order valence-electron chi connectivity index (χ4n) is 1.09. The van der Waals surface area contributed by atoms with Gasteiger partial charge in [0.15, 0.2) is 17.3 Å². The number of benzene rings is 1. The van der Waals surface area contributed by atoms with Gasteiger partial charge in [0.25, 0.3) is 0 Å². The van der Waals surface area contributed by atoms with E-state index in [0.29, 0.717) is 17.2 Å². The molecule has 1 aromatic rings. The number of rotatable bonds is 5. The molecule has 0 atom stereocenters. The number of methoxy groups -OCH3 is 2. The molecule has 0 aromatic heterocycles. The van der Waals surface area contributed by atoms with E-state index in [4.69, 9.17) is 25.2 Å². The molecule has 3 N–H and O–H groups in total. The second kappa shape index (κ2) is 5.69. The predicted molar refractivity (Wildman–Crippen MR) is 58.4 cm³/mol. The van der Waals surface area contributed by atoms with E-state index in [0.717, 1.165) is 0 Å². The van der Waals surface area contributed by atoms with Crippen molar-refractivity contribution in [2.24, 2.45) is 10.9 Å². The Morgan fingerprint density at radius 2 is 2.00 bits per heavy atom. The Hall–Kier alpha value is -2.11. The molecule has 6 nitrogen and oxygen atoms in total. The van der Waals surface area contributed by atoms with E-state index in [1.54, 1.807) is 25.3 Å². The van der Waals surface area contributed by atoms with Gasteiger partial charge in [-0.3, -0.25) is 0 Å². The molecule has 0 unspecified atom stereocenters. The number of ether oxygens (including phenoxy) is 3. The smallest absolute Gasteiger partial charge is 0.177 e. The zero-order valence-corrected chi connectivity index (χ0v) is 9.14. The minimum absolute atomic E-state index is 0.00483. The quantitative estimate of drug-likeness (QED) is 0.336. The SMILES string of the molecule is COc1ccc(OC/C(N)=N/O)cc1OC. The maximum Gasteiger partial charge on any atom is 0.177 e. The molecular formula is C10H14N2O4. The van der Waals surface area contributed by atoms with Crippen molar-refractivity contribution in [1.29, 1.82) is 0 Å². The van der Waals surface area contributed by atoms with Crippen LogP contribution in [0.5, 0.6) is 17.2 Å². The lowest BCUT2D eigenvalue weighted by Gasteiger charge is -2.10. The Labute approximate surface area is 93.2 Å². The predicted octanol–water partition coefficient (Wildman–Crippen LogP) is 0.829. The van der Waals surface area contributed by atoms with E-state index < -0.39 is 0 Å². The van der Waals surface area contributed by atoms with Gasteiger partial charge < -0.3 is 25.2 Å². The van der Waals surface area contributed by atoms with Crippen molar-refractivity contribution in [2.75, 3.05) is 20.8 Å². The van der Waals surface area contributed by atoms with Gasteiger partial charge in [-0.2, -0.15) is 0 Å². The molecular weight excluding hydrogens is 212 g/mol. The standard InChI is InChI=1S/C10H14N2O4/c1-14-8-4-3-7(5-9(8)15-2)16-6-10(11)12-13/h3-5,13H,6H2,1-2H3,(H2,11,12). The first-order valence-electron chi connectivity index (χ1n) is 4.52. The van der Waals surface area contributed by atoms with Crippen molar-refractivity contribution in [3.63, 3.8) is 0 Å². The van der Waals surface area contributed by atoms with Crippen molar-refractivity contribution in [3.8, 4) is 17.2 Å². The van der Waals surface area contributed by atoms with Crippen LogP contribution in [0.15, 0.2) is 23.4 Å². The minimum Gasteiger partial charge on any atom is -0.493 e. The molecule has 0 radical (unpaired) electrons. The molecule has 1 rings (SSSR count). The van der Waals surface area contributed by atoms with E-state index in [-0.39, 0.29) is 12.4 Å². The molecule has 0 spiro atoms. The van der Waals surface area contributed by atoms with E-state index in [2.05, 4.69) is 5.16 Å². The van der Waals surface area contributed by atoms with Crippen LogP contribution < -0.4 is 19.9 Å². The summed E-state index contributed by atoms with van der Waals surface area (Å²) in [5.74, 6) is 1.71. The molecule has 88 valence electrons. The summed E-state index contributed by atoms with van der Waals surface area (Å²) in [6.07, 6.45) is 0. The third-order valence-corrected chi connectivity index (χ3v) is 1.87. The van der Waals surface area contributed by atoms with Crippen LogP contribution in [0, 0.1) is 0 Å². The van der Waals surface area contributed by atoms with Crippen LogP contribution >= 0.6 is 0 Å². The number of nitrogens with two attached hydrogens (primary N) is 1. The molecule has 0 saturated heterocycles. The summed E-state index contributed by atoms with van der Waals surface area (Å²) in [5.41, 5.74) is 5.27. The summed E-state index contributed by atoms with van der Waals surface area (Å²) in [6, 6.07) is 5.07. The van der Waals surface area contributed by atoms with Gasteiger partial charge in [-0.25, -0.2) is 0 Å². The molecule has 0 saturated carbocycles. The molecule has 0 heterocycles. The van der Waals surface area contributed by atoms with Crippen LogP contribution in [0.25, 0.3) is 0 Å². The summed E-state index contributed by atoms with van der Waals surface area (Å²) in [6.45, 7) is 0.00594. The van der Waals surface area contributed by atoms with E-state index in [1.807, 2.05) is 0 Å². The van der Waals surface area contributed by atoms with Gasteiger partial charge in [0.05, 0.1) is 14.2 Å². The highest BCUT2D eigenvalue weighted by Crippen LogP contribution is 2.30. The van der Waals surface area contributed by atoms with Crippen LogP contribution in [0.3, 0.4) is 0 Å². The first kappa shape index (κ1) is 12.0. The minimum atomic E-state index is -0.00483. The molecule has 0 aliphatic carbocycles. The summed E-state index contributed by atoms with van der Waals surface area (Å²) in [4.78, 5) is 0. The lowest BCUT2D eigenvalue weighted by atomic mass is 10.3. The second-order valence-electron chi connectivity index (χ2n) is 2.90. The number of nitrogens with zero attached hydrogens (tertiary/aromatic N) is 1. The highest BCUT2D eigenvalue weighted by Gasteiger charge is 2.05. The Morgan fingerprint density at radius 3 is 2.56 bits per heavy atom. The van der Waals surface area contributed by atoms with Crippen LogP contribution in [0.1, 0.15) is 0 Å². The Bertz CT molecular complexity index is 379. The molecule has 6 heteroatoms. The van der Waals surface area contributed by atoms with Crippen LogP contribution in [-0.4, -0.2) is 31.9 Å². The lowest BCUT2D eigenvalue weighted by molar-refractivity contribution is 0.305. The Kier molecular flexibility index (Phi) is 4.26. The number of hydrogen-bond acceptors (Lipinski definition) is 5. The van der Waals surface area contributed by atoms with Crippen molar-refractivity contribution >= 4 is 5.84 Å². The first-order chi connectivity index (χ1) is 7.71.